The maximum absolute atomic E-state index is 13.1. The first-order valence-corrected chi connectivity index (χ1v) is 7.61. The van der Waals surface area contributed by atoms with Crippen LogP contribution in [0.4, 0.5) is 13.2 Å². The second-order valence-corrected chi connectivity index (χ2v) is 6.35. The third-order valence-corrected chi connectivity index (χ3v) is 3.72. The third-order valence-electron chi connectivity index (χ3n) is 3.09. The lowest BCUT2D eigenvalue weighted by Gasteiger charge is -2.28. The molecule has 1 N–H and O–H groups in total. The number of fused-ring (bicyclic) bond motifs is 1. The number of benzene rings is 1. The Bertz CT molecular complexity index is 699. The van der Waals surface area contributed by atoms with Crippen molar-refractivity contribution in [3.63, 3.8) is 0 Å². The van der Waals surface area contributed by atoms with Gasteiger partial charge in [-0.1, -0.05) is 37.0 Å². The molecule has 0 amide bonds. The van der Waals surface area contributed by atoms with Crippen molar-refractivity contribution in [2.45, 2.75) is 26.1 Å². The van der Waals surface area contributed by atoms with Crippen LogP contribution in [0.1, 0.15) is 19.4 Å². The van der Waals surface area contributed by atoms with Crippen LogP contribution in [0.25, 0.3) is 6.08 Å². The molecule has 0 unspecified atom stereocenters. The molecule has 0 fully saturated rings. The van der Waals surface area contributed by atoms with Crippen molar-refractivity contribution in [3.05, 3.63) is 27.2 Å². The van der Waals surface area contributed by atoms with Gasteiger partial charge in [0.2, 0.25) is 6.10 Å². The van der Waals surface area contributed by atoms with Gasteiger partial charge in [0.1, 0.15) is 10.8 Å². The van der Waals surface area contributed by atoms with Gasteiger partial charge in [-0.3, -0.25) is 0 Å². The molecule has 0 aliphatic carbocycles. The van der Waals surface area contributed by atoms with Gasteiger partial charge >= 0.3 is 12.1 Å². The SMILES string of the molecule is CC(C)COc1c(Cl)cc2c(c1Cl)O[C@H](C(F)(F)F)C(C(=O)O)=C2. The molecule has 1 aromatic rings. The average Bonchev–Trinajstić information content (AvgIpc) is 2.44. The molecule has 2 rings (SSSR count). The van der Waals surface area contributed by atoms with Gasteiger partial charge in [-0.25, -0.2) is 4.79 Å². The average molecular weight is 385 g/mol. The number of hydrogen-bond donors (Lipinski definition) is 1. The van der Waals surface area contributed by atoms with Gasteiger partial charge in [0.15, 0.2) is 5.75 Å². The molecule has 0 saturated carbocycles. The normalized spacial score (nSPS) is 17.2. The molecule has 0 bridgehead atoms. The Morgan fingerprint density at radius 2 is 2.04 bits per heavy atom. The minimum Gasteiger partial charge on any atom is -0.490 e. The number of halogens is 5. The fraction of sp³-hybridized carbons (Fsp3) is 0.400. The van der Waals surface area contributed by atoms with E-state index in [1.165, 1.54) is 6.07 Å². The van der Waals surface area contributed by atoms with Crippen LogP contribution >= 0.6 is 23.2 Å². The smallest absolute Gasteiger partial charge is 0.430 e. The summed E-state index contributed by atoms with van der Waals surface area (Å²) < 4.78 is 49.5. The summed E-state index contributed by atoms with van der Waals surface area (Å²) in [6.07, 6.45) is -6.69. The van der Waals surface area contributed by atoms with E-state index in [4.69, 9.17) is 37.8 Å². The number of carboxylic acid groups (broad SMARTS) is 1. The molecule has 0 radical (unpaired) electrons. The van der Waals surface area contributed by atoms with Gasteiger partial charge in [-0.2, -0.15) is 13.2 Å². The highest BCUT2D eigenvalue weighted by Gasteiger charge is 2.49. The van der Waals surface area contributed by atoms with Crippen LogP contribution in [0.15, 0.2) is 11.6 Å². The van der Waals surface area contributed by atoms with Crippen LogP contribution in [0.3, 0.4) is 0 Å². The van der Waals surface area contributed by atoms with E-state index in [1.807, 2.05) is 13.8 Å². The summed E-state index contributed by atoms with van der Waals surface area (Å²) in [6.45, 7) is 3.99. The molecule has 132 valence electrons. The first kappa shape index (κ1) is 18.7. The fourth-order valence-electron chi connectivity index (χ4n) is 2.05. The Labute approximate surface area is 145 Å². The molecule has 24 heavy (non-hydrogen) atoms. The number of ether oxygens (including phenoxy) is 2. The Morgan fingerprint density at radius 3 is 2.54 bits per heavy atom. The minimum atomic E-state index is -4.91. The summed E-state index contributed by atoms with van der Waals surface area (Å²) >= 11 is 12.1. The lowest BCUT2D eigenvalue weighted by Crippen LogP contribution is -2.40. The topological polar surface area (TPSA) is 55.8 Å². The minimum absolute atomic E-state index is 0.00103. The van der Waals surface area contributed by atoms with Gasteiger partial charge in [-0.05, 0) is 18.1 Å². The molecule has 0 aromatic heterocycles. The number of rotatable bonds is 4. The highest BCUT2D eigenvalue weighted by Crippen LogP contribution is 2.47. The first-order chi connectivity index (χ1) is 11.0. The van der Waals surface area contributed by atoms with E-state index < -0.39 is 23.8 Å². The second kappa shape index (κ2) is 6.72. The molecule has 1 aliphatic heterocycles. The van der Waals surface area contributed by atoms with Crippen LogP contribution in [0.2, 0.25) is 10.0 Å². The molecule has 9 heteroatoms. The van der Waals surface area contributed by atoms with E-state index >= 15 is 0 Å². The fourth-order valence-corrected chi connectivity index (χ4v) is 2.68. The quantitative estimate of drug-likeness (QED) is 0.808. The summed E-state index contributed by atoms with van der Waals surface area (Å²) in [5, 5.41) is 8.82. The highest BCUT2D eigenvalue weighted by molar-refractivity contribution is 6.38. The van der Waals surface area contributed by atoms with Gasteiger partial charge < -0.3 is 14.6 Å². The molecule has 1 aromatic carbocycles. The van der Waals surface area contributed by atoms with Crippen molar-refractivity contribution in [2.75, 3.05) is 6.61 Å². The summed E-state index contributed by atoms with van der Waals surface area (Å²) in [7, 11) is 0. The van der Waals surface area contributed by atoms with Crippen molar-refractivity contribution in [2.24, 2.45) is 5.92 Å². The van der Waals surface area contributed by atoms with E-state index in [1.54, 1.807) is 0 Å². The molecular formula is C15H13Cl2F3O4. The Balaban J connectivity index is 2.54. The summed E-state index contributed by atoms with van der Waals surface area (Å²) in [5.41, 5.74) is -0.905. The van der Waals surface area contributed by atoms with E-state index in [0.29, 0.717) is 0 Å². The Kier molecular flexibility index (Phi) is 5.25. The predicted molar refractivity (Wildman–Crippen MR) is 82.9 cm³/mol. The molecule has 1 atom stereocenters. The third kappa shape index (κ3) is 3.72. The lowest BCUT2D eigenvalue weighted by atomic mass is 10.0. The van der Waals surface area contributed by atoms with Gasteiger partial charge in [-0.15, -0.1) is 0 Å². The van der Waals surface area contributed by atoms with Crippen LogP contribution < -0.4 is 9.47 Å². The predicted octanol–water partition coefficient (Wildman–Crippen LogP) is 4.82. The number of carboxylic acids is 1. The Hall–Kier alpha value is -1.60. The first-order valence-electron chi connectivity index (χ1n) is 6.85. The second-order valence-electron chi connectivity index (χ2n) is 5.57. The van der Waals surface area contributed by atoms with E-state index in [0.717, 1.165) is 6.08 Å². The van der Waals surface area contributed by atoms with Gasteiger partial charge in [0, 0.05) is 5.56 Å². The number of aliphatic carboxylic acids is 1. The number of hydrogen-bond acceptors (Lipinski definition) is 3. The summed E-state index contributed by atoms with van der Waals surface area (Å²) in [6, 6.07) is 1.26. The number of carbonyl (C=O) groups is 1. The van der Waals surface area contributed by atoms with Gasteiger partial charge in [0.25, 0.3) is 0 Å². The number of alkyl halides is 3. The maximum Gasteiger partial charge on any atom is 0.430 e. The van der Waals surface area contributed by atoms with Crippen molar-refractivity contribution in [1.82, 2.24) is 0 Å². The molecule has 1 heterocycles. The van der Waals surface area contributed by atoms with Crippen LogP contribution in [-0.2, 0) is 4.79 Å². The Morgan fingerprint density at radius 1 is 1.42 bits per heavy atom. The van der Waals surface area contributed by atoms with Crippen molar-refractivity contribution >= 4 is 35.2 Å². The zero-order valence-electron chi connectivity index (χ0n) is 12.6. The van der Waals surface area contributed by atoms with Crippen molar-refractivity contribution in [3.8, 4) is 11.5 Å². The molecule has 1 aliphatic rings. The zero-order valence-corrected chi connectivity index (χ0v) is 14.1. The molecular weight excluding hydrogens is 372 g/mol. The van der Waals surface area contributed by atoms with E-state index in [-0.39, 0.29) is 39.6 Å². The lowest BCUT2D eigenvalue weighted by molar-refractivity contribution is -0.187. The zero-order chi connectivity index (χ0) is 18.2. The van der Waals surface area contributed by atoms with E-state index in [9.17, 15) is 18.0 Å². The summed E-state index contributed by atoms with van der Waals surface area (Å²) in [4.78, 5) is 11.1. The van der Waals surface area contributed by atoms with Crippen LogP contribution in [0, 0.1) is 5.92 Å². The highest BCUT2D eigenvalue weighted by atomic mass is 35.5. The monoisotopic (exact) mass is 384 g/mol. The molecule has 0 spiro atoms. The van der Waals surface area contributed by atoms with Crippen LogP contribution in [0.5, 0.6) is 11.5 Å². The largest absolute Gasteiger partial charge is 0.490 e. The van der Waals surface area contributed by atoms with Crippen molar-refractivity contribution < 1.29 is 32.5 Å². The van der Waals surface area contributed by atoms with Gasteiger partial charge in [0.05, 0.1) is 17.2 Å². The summed E-state index contributed by atoms with van der Waals surface area (Å²) in [5.74, 6) is -1.92. The molecule has 0 saturated heterocycles. The standard InChI is InChI=1S/C15H13Cl2F3O4/c1-6(2)5-23-12-9(16)4-7-3-8(14(21)22)13(15(18,19)20)24-11(7)10(12)17/h3-4,6,13H,5H2,1-2H3,(H,21,22)/t13-/m0/s1. The maximum atomic E-state index is 13.1. The van der Waals surface area contributed by atoms with Crippen molar-refractivity contribution in [1.29, 1.82) is 0 Å². The molecule has 4 nitrogen and oxygen atoms in total. The van der Waals surface area contributed by atoms with Crippen LogP contribution in [-0.4, -0.2) is 30.0 Å². The van der Waals surface area contributed by atoms with E-state index in [2.05, 4.69) is 0 Å².